The van der Waals surface area contributed by atoms with Crippen molar-refractivity contribution in [3.63, 3.8) is 0 Å². The van der Waals surface area contributed by atoms with Gasteiger partial charge in [-0.1, -0.05) is 29.5 Å². The number of hydrogen-bond donors (Lipinski definition) is 2. The number of furan rings is 1. The van der Waals surface area contributed by atoms with E-state index in [0.29, 0.717) is 0 Å². The van der Waals surface area contributed by atoms with Gasteiger partial charge in [0.25, 0.3) is 0 Å². The quantitative estimate of drug-likeness (QED) is 0.559. The second-order valence-electron chi connectivity index (χ2n) is 5.12. The van der Waals surface area contributed by atoms with Gasteiger partial charge in [-0.15, -0.1) is 5.10 Å². The van der Waals surface area contributed by atoms with Gasteiger partial charge in [-0.2, -0.15) is 0 Å². The van der Waals surface area contributed by atoms with Crippen LogP contribution in [0.2, 0.25) is 0 Å². The lowest BCUT2D eigenvalue weighted by molar-refractivity contribution is 0.478. The summed E-state index contributed by atoms with van der Waals surface area (Å²) in [7, 11) is 0. The molecule has 3 aromatic rings. The number of nitrogens with two attached hydrogens (primary N) is 1. The number of hydrogen-bond acceptors (Lipinski definition) is 6. The molecule has 0 saturated carbocycles. The lowest BCUT2D eigenvalue weighted by Gasteiger charge is -2.11. The van der Waals surface area contributed by atoms with E-state index in [9.17, 15) is 0 Å². The first kappa shape index (κ1) is 14.2. The molecule has 5 nitrogen and oxygen atoms in total. The SMILES string of the molecule is CCCc1nnsc1C(NN)c1cc2cc(C)ccc2o1. The van der Waals surface area contributed by atoms with Crippen LogP contribution in [0.3, 0.4) is 0 Å². The van der Waals surface area contributed by atoms with Crippen LogP contribution in [0, 0.1) is 6.92 Å². The summed E-state index contributed by atoms with van der Waals surface area (Å²) in [5.41, 5.74) is 5.89. The summed E-state index contributed by atoms with van der Waals surface area (Å²) in [5, 5.41) is 5.28. The highest BCUT2D eigenvalue weighted by atomic mass is 32.1. The zero-order valence-electron chi connectivity index (χ0n) is 12.1. The van der Waals surface area contributed by atoms with Crippen molar-refractivity contribution in [1.82, 2.24) is 15.0 Å². The van der Waals surface area contributed by atoms with Gasteiger partial charge in [-0.05, 0) is 43.1 Å². The fourth-order valence-electron chi connectivity index (χ4n) is 2.46. The van der Waals surface area contributed by atoms with E-state index in [1.807, 2.05) is 18.2 Å². The molecule has 0 saturated heterocycles. The van der Waals surface area contributed by atoms with Gasteiger partial charge in [0.15, 0.2) is 0 Å². The Morgan fingerprint density at radius 2 is 2.24 bits per heavy atom. The molecular formula is C15H18N4OS. The van der Waals surface area contributed by atoms with Gasteiger partial charge in [0.1, 0.15) is 17.4 Å². The highest BCUT2D eigenvalue weighted by Gasteiger charge is 2.23. The zero-order valence-corrected chi connectivity index (χ0v) is 12.9. The molecule has 1 unspecified atom stereocenters. The minimum atomic E-state index is -0.209. The number of nitrogens with zero attached hydrogens (tertiary/aromatic N) is 2. The molecule has 3 N–H and O–H groups in total. The summed E-state index contributed by atoms with van der Waals surface area (Å²) >= 11 is 1.37. The van der Waals surface area contributed by atoms with Crippen molar-refractivity contribution in [1.29, 1.82) is 0 Å². The third-order valence-electron chi connectivity index (χ3n) is 3.48. The van der Waals surface area contributed by atoms with Crippen molar-refractivity contribution in [2.75, 3.05) is 0 Å². The Balaban J connectivity index is 2.03. The van der Waals surface area contributed by atoms with Crippen molar-refractivity contribution in [3.05, 3.63) is 46.2 Å². The van der Waals surface area contributed by atoms with Crippen molar-refractivity contribution in [2.24, 2.45) is 5.84 Å². The smallest absolute Gasteiger partial charge is 0.134 e. The minimum absolute atomic E-state index is 0.209. The number of rotatable bonds is 5. The maximum Gasteiger partial charge on any atom is 0.134 e. The molecular weight excluding hydrogens is 284 g/mol. The summed E-state index contributed by atoms with van der Waals surface area (Å²) in [5.74, 6) is 6.55. The first-order chi connectivity index (χ1) is 10.2. The average Bonchev–Trinajstić information content (AvgIpc) is 3.07. The molecule has 0 fully saturated rings. The van der Waals surface area contributed by atoms with Crippen LogP contribution in [0.15, 0.2) is 28.7 Å². The third-order valence-corrected chi connectivity index (χ3v) is 4.31. The highest BCUT2D eigenvalue weighted by Crippen LogP contribution is 2.31. The molecule has 3 rings (SSSR count). The van der Waals surface area contributed by atoms with Crippen molar-refractivity contribution < 1.29 is 4.42 Å². The van der Waals surface area contributed by atoms with Gasteiger partial charge in [0.2, 0.25) is 0 Å². The number of nitrogens with one attached hydrogen (secondary N) is 1. The summed E-state index contributed by atoms with van der Waals surface area (Å²) in [6.45, 7) is 4.19. The molecule has 21 heavy (non-hydrogen) atoms. The zero-order chi connectivity index (χ0) is 14.8. The number of aryl methyl sites for hydroxylation is 2. The lowest BCUT2D eigenvalue weighted by Crippen LogP contribution is -2.28. The molecule has 0 spiro atoms. The Kier molecular flexibility index (Phi) is 4.01. The molecule has 2 aromatic heterocycles. The van der Waals surface area contributed by atoms with Crippen LogP contribution in [0.1, 0.15) is 41.3 Å². The standard InChI is InChI=1S/C15H18N4OS/c1-3-4-11-15(21-19-18-11)14(17-16)13-8-10-7-9(2)5-6-12(10)20-13/h5-8,14,17H,3-4,16H2,1-2H3. The van der Waals surface area contributed by atoms with E-state index in [4.69, 9.17) is 10.3 Å². The lowest BCUT2D eigenvalue weighted by atomic mass is 10.1. The third kappa shape index (κ3) is 2.70. The average molecular weight is 302 g/mol. The van der Waals surface area contributed by atoms with Gasteiger partial charge in [-0.25, -0.2) is 5.43 Å². The predicted molar refractivity (Wildman–Crippen MR) is 84.0 cm³/mol. The van der Waals surface area contributed by atoms with Crippen LogP contribution in [0.4, 0.5) is 0 Å². The van der Waals surface area contributed by atoms with Crippen molar-refractivity contribution in [2.45, 2.75) is 32.7 Å². The van der Waals surface area contributed by atoms with Gasteiger partial charge in [0, 0.05) is 5.39 Å². The number of hydrazine groups is 1. The minimum Gasteiger partial charge on any atom is -0.459 e. The Morgan fingerprint density at radius 1 is 1.38 bits per heavy atom. The molecule has 2 heterocycles. The molecule has 1 atom stereocenters. The normalized spacial score (nSPS) is 12.9. The summed E-state index contributed by atoms with van der Waals surface area (Å²) in [4.78, 5) is 1.02. The topological polar surface area (TPSA) is 77.0 Å². The highest BCUT2D eigenvalue weighted by molar-refractivity contribution is 7.05. The van der Waals surface area contributed by atoms with Gasteiger partial charge in [-0.3, -0.25) is 5.84 Å². The second kappa shape index (κ2) is 5.93. The molecule has 0 aliphatic heterocycles. The summed E-state index contributed by atoms with van der Waals surface area (Å²) in [6.07, 6.45) is 1.92. The van der Waals surface area contributed by atoms with E-state index in [2.05, 4.69) is 34.9 Å². The van der Waals surface area contributed by atoms with Crippen molar-refractivity contribution in [3.8, 4) is 0 Å². The van der Waals surface area contributed by atoms with E-state index in [1.165, 1.54) is 17.1 Å². The molecule has 0 bridgehead atoms. The van der Waals surface area contributed by atoms with E-state index in [-0.39, 0.29) is 6.04 Å². The fourth-order valence-corrected chi connectivity index (χ4v) is 3.22. The molecule has 1 aromatic carbocycles. The van der Waals surface area contributed by atoms with Crippen LogP contribution < -0.4 is 11.3 Å². The van der Waals surface area contributed by atoms with Crippen LogP contribution in [-0.2, 0) is 6.42 Å². The molecule has 0 amide bonds. The monoisotopic (exact) mass is 302 g/mol. The van der Waals surface area contributed by atoms with Crippen LogP contribution in [0.25, 0.3) is 11.0 Å². The molecule has 110 valence electrons. The number of fused-ring (bicyclic) bond motifs is 1. The van der Waals surface area contributed by atoms with Crippen LogP contribution in [-0.4, -0.2) is 9.59 Å². The summed E-state index contributed by atoms with van der Waals surface area (Å²) < 4.78 is 10.00. The van der Waals surface area contributed by atoms with Gasteiger partial charge < -0.3 is 4.42 Å². The number of benzene rings is 1. The predicted octanol–water partition coefficient (Wildman–Crippen LogP) is 3.10. The van der Waals surface area contributed by atoms with Gasteiger partial charge >= 0.3 is 0 Å². The Labute approximate surface area is 127 Å². The van der Waals surface area contributed by atoms with Gasteiger partial charge in [0.05, 0.1) is 10.6 Å². The van der Waals surface area contributed by atoms with Crippen LogP contribution in [0.5, 0.6) is 0 Å². The Morgan fingerprint density at radius 3 is 3.00 bits per heavy atom. The van der Waals surface area contributed by atoms with Crippen molar-refractivity contribution >= 4 is 22.5 Å². The Bertz CT molecular complexity index is 749. The largest absolute Gasteiger partial charge is 0.459 e. The number of aromatic nitrogens is 2. The maximum atomic E-state index is 5.94. The van der Waals surface area contributed by atoms with E-state index in [0.717, 1.165) is 40.1 Å². The van der Waals surface area contributed by atoms with E-state index < -0.39 is 0 Å². The maximum absolute atomic E-state index is 5.94. The Hall–Kier alpha value is -1.76. The van der Waals surface area contributed by atoms with E-state index >= 15 is 0 Å². The molecule has 0 aliphatic carbocycles. The molecule has 0 radical (unpaired) electrons. The first-order valence-electron chi connectivity index (χ1n) is 7.00. The first-order valence-corrected chi connectivity index (χ1v) is 7.77. The second-order valence-corrected chi connectivity index (χ2v) is 5.91. The molecule has 6 heteroatoms. The van der Waals surface area contributed by atoms with Crippen LogP contribution >= 0.6 is 11.5 Å². The molecule has 0 aliphatic rings. The van der Waals surface area contributed by atoms with E-state index in [1.54, 1.807) is 0 Å². The summed E-state index contributed by atoms with van der Waals surface area (Å²) in [6, 6.07) is 7.95. The fraction of sp³-hybridized carbons (Fsp3) is 0.333.